The van der Waals surface area contributed by atoms with Gasteiger partial charge in [0.05, 0.1) is 15.2 Å². The second kappa shape index (κ2) is 4.90. The summed E-state index contributed by atoms with van der Waals surface area (Å²) in [6.45, 7) is 13.7. The maximum atomic E-state index is 4.82. The van der Waals surface area contributed by atoms with Gasteiger partial charge in [-0.05, 0) is 36.0 Å². The van der Waals surface area contributed by atoms with Gasteiger partial charge in [0, 0.05) is 5.41 Å². The highest BCUT2D eigenvalue weighted by molar-refractivity contribution is 7.18. The Balaban J connectivity index is 2.51. The Bertz CT molecular complexity index is 564. The predicted octanol–water partition coefficient (Wildman–Crippen LogP) is 5.67. The first-order chi connectivity index (χ1) is 8.80. The molecule has 0 spiro atoms. The zero-order valence-corrected chi connectivity index (χ0v) is 13.8. The zero-order chi connectivity index (χ0) is 14.3. The average Bonchev–Trinajstić information content (AvgIpc) is 2.82. The molecule has 104 valence electrons. The zero-order valence-electron chi connectivity index (χ0n) is 13.0. The van der Waals surface area contributed by atoms with E-state index in [1.54, 1.807) is 0 Å². The van der Waals surface area contributed by atoms with E-state index in [1.165, 1.54) is 15.3 Å². The van der Waals surface area contributed by atoms with E-state index in [2.05, 4.69) is 59.7 Å². The molecule has 2 rings (SSSR count). The van der Waals surface area contributed by atoms with Gasteiger partial charge in [0.2, 0.25) is 0 Å². The molecule has 0 aliphatic carbocycles. The molecule has 19 heavy (non-hydrogen) atoms. The highest BCUT2D eigenvalue weighted by Crippen LogP contribution is 2.36. The molecular weight excluding hydrogens is 250 g/mol. The highest BCUT2D eigenvalue weighted by atomic mass is 32.1. The van der Waals surface area contributed by atoms with Gasteiger partial charge in [0.15, 0.2) is 0 Å². The molecule has 0 aliphatic heterocycles. The molecule has 0 aliphatic rings. The van der Waals surface area contributed by atoms with Crippen molar-refractivity contribution in [2.75, 3.05) is 0 Å². The third-order valence-electron chi connectivity index (χ3n) is 4.52. The van der Waals surface area contributed by atoms with Crippen LogP contribution in [0, 0.1) is 0 Å². The van der Waals surface area contributed by atoms with Crippen LogP contribution in [0.2, 0.25) is 0 Å². The summed E-state index contributed by atoms with van der Waals surface area (Å²) in [6.07, 6.45) is 2.28. The number of rotatable bonds is 4. The molecule has 0 atom stereocenters. The molecule has 1 nitrogen and oxygen atoms in total. The van der Waals surface area contributed by atoms with E-state index in [0.29, 0.717) is 0 Å². The van der Waals surface area contributed by atoms with Gasteiger partial charge < -0.3 is 0 Å². The van der Waals surface area contributed by atoms with Crippen LogP contribution in [0.15, 0.2) is 18.2 Å². The minimum atomic E-state index is 0.185. The normalized spacial score (nSPS) is 13.2. The first-order valence-electron chi connectivity index (χ1n) is 7.21. The number of thiazole rings is 1. The van der Waals surface area contributed by atoms with Crippen molar-refractivity contribution in [3.8, 4) is 0 Å². The Hall–Kier alpha value is -0.890. The van der Waals surface area contributed by atoms with E-state index in [1.807, 2.05) is 11.3 Å². The monoisotopic (exact) mass is 275 g/mol. The first kappa shape index (κ1) is 14.5. The van der Waals surface area contributed by atoms with Crippen molar-refractivity contribution in [2.45, 2.75) is 65.2 Å². The predicted molar refractivity (Wildman–Crippen MR) is 86.3 cm³/mol. The molecule has 0 amide bonds. The summed E-state index contributed by atoms with van der Waals surface area (Å²) in [6, 6.07) is 6.77. The molecule has 1 heterocycles. The van der Waals surface area contributed by atoms with Crippen LogP contribution in [-0.4, -0.2) is 4.98 Å². The van der Waals surface area contributed by atoms with E-state index in [0.717, 1.165) is 18.4 Å². The standard InChI is InChI=1S/C17H25NS/c1-7-16(3,4)12-9-10-13-14(11-12)19-15(18-13)17(5,6)8-2/h9-11H,7-8H2,1-6H3. The fourth-order valence-corrected chi connectivity index (χ4v) is 3.17. The molecule has 1 aromatic carbocycles. The van der Waals surface area contributed by atoms with Crippen LogP contribution in [0.25, 0.3) is 10.2 Å². The van der Waals surface area contributed by atoms with Crippen molar-refractivity contribution < 1.29 is 0 Å². The Morgan fingerprint density at radius 3 is 2.21 bits per heavy atom. The van der Waals surface area contributed by atoms with E-state index in [4.69, 9.17) is 4.98 Å². The quantitative estimate of drug-likeness (QED) is 0.700. The van der Waals surface area contributed by atoms with Gasteiger partial charge >= 0.3 is 0 Å². The number of benzene rings is 1. The van der Waals surface area contributed by atoms with Crippen LogP contribution in [0.4, 0.5) is 0 Å². The van der Waals surface area contributed by atoms with Gasteiger partial charge in [-0.2, -0.15) is 0 Å². The minimum Gasteiger partial charge on any atom is -0.241 e. The summed E-state index contributed by atoms with van der Waals surface area (Å²) in [5.41, 5.74) is 3.01. The first-order valence-corrected chi connectivity index (χ1v) is 8.03. The second-order valence-electron chi connectivity index (χ2n) is 6.68. The number of hydrogen-bond acceptors (Lipinski definition) is 2. The van der Waals surface area contributed by atoms with Crippen LogP contribution >= 0.6 is 11.3 Å². The Labute approximate surface area is 121 Å². The molecule has 1 aromatic heterocycles. The molecule has 0 saturated heterocycles. The molecule has 0 unspecified atom stereocenters. The Kier molecular flexibility index (Phi) is 3.74. The van der Waals surface area contributed by atoms with E-state index >= 15 is 0 Å². The Morgan fingerprint density at radius 1 is 1.00 bits per heavy atom. The van der Waals surface area contributed by atoms with E-state index in [-0.39, 0.29) is 10.8 Å². The molecule has 0 N–H and O–H groups in total. The molecule has 0 fully saturated rings. The lowest BCUT2D eigenvalue weighted by Gasteiger charge is -2.23. The maximum absolute atomic E-state index is 4.82. The largest absolute Gasteiger partial charge is 0.241 e. The van der Waals surface area contributed by atoms with Crippen molar-refractivity contribution in [1.82, 2.24) is 4.98 Å². The lowest BCUT2D eigenvalue weighted by atomic mass is 9.82. The van der Waals surface area contributed by atoms with Crippen molar-refractivity contribution in [3.63, 3.8) is 0 Å². The van der Waals surface area contributed by atoms with Crippen LogP contribution < -0.4 is 0 Å². The molecule has 2 heteroatoms. The maximum Gasteiger partial charge on any atom is 0.0994 e. The van der Waals surface area contributed by atoms with Gasteiger partial charge in [-0.1, -0.05) is 47.6 Å². The van der Waals surface area contributed by atoms with Gasteiger partial charge in [-0.3, -0.25) is 0 Å². The van der Waals surface area contributed by atoms with Gasteiger partial charge in [-0.25, -0.2) is 4.98 Å². The summed E-state index contributed by atoms with van der Waals surface area (Å²) in [5, 5.41) is 1.26. The van der Waals surface area contributed by atoms with Crippen molar-refractivity contribution in [1.29, 1.82) is 0 Å². The third-order valence-corrected chi connectivity index (χ3v) is 5.90. The molecule has 0 saturated carbocycles. The summed E-state index contributed by atoms with van der Waals surface area (Å²) in [5.74, 6) is 0. The van der Waals surface area contributed by atoms with E-state index in [9.17, 15) is 0 Å². The van der Waals surface area contributed by atoms with Crippen LogP contribution in [0.3, 0.4) is 0 Å². The highest BCUT2D eigenvalue weighted by Gasteiger charge is 2.24. The van der Waals surface area contributed by atoms with Crippen LogP contribution in [0.1, 0.15) is 65.0 Å². The number of aromatic nitrogens is 1. The molecule has 0 radical (unpaired) electrons. The summed E-state index contributed by atoms with van der Waals surface area (Å²) >= 11 is 1.86. The second-order valence-corrected chi connectivity index (χ2v) is 7.71. The number of fused-ring (bicyclic) bond motifs is 1. The lowest BCUT2D eigenvalue weighted by Crippen LogP contribution is -2.14. The number of nitrogens with zero attached hydrogens (tertiary/aromatic N) is 1. The fraction of sp³-hybridized carbons (Fsp3) is 0.588. The smallest absolute Gasteiger partial charge is 0.0994 e. The van der Waals surface area contributed by atoms with Gasteiger partial charge in [0.1, 0.15) is 0 Å². The molecule has 0 bridgehead atoms. The average molecular weight is 275 g/mol. The van der Waals surface area contributed by atoms with Crippen molar-refractivity contribution >= 4 is 21.6 Å². The summed E-state index contributed by atoms with van der Waals surface area (Å²) in [7, 11) is 0. The summed E-state index contributed by atoms with van der Waals surface area (Å²) in [4.78, 5) is 4.82. The molecule has 2 aromatic rings. The fourth-order valence-electron chi connectivity index (χ4n) is 1.99. The van der Waals surface area contributed by atoms with Gasteiger partial charge in [0.25, 0.3) is 0 Å². The minimum absolute atomic E-state index is 0.185. The topological polar surface area (TPSA) is 12.9 Å². The third kappa shape index (κ3) is 2.69. The Morgan fingerprint density at radius 2 is 1.63 bits per heavy atom. The lowest BCUT2D eigenvalue weighted by molar-refractivity contribution is 0.504. The number of hydrogen-bond donors (Lipinski definition) is 0. The van der Waals surface area contributed by atoms with Crippen LogP contribution in [-0.2, 0) is 10.8 Å². The van der Waals surface area contributed by atoms with Crippen LogP contribution in [0.5, 0.6) is 0 Å². The molecular formula is C17H25NS. The SMILES string of the molecule is CCC(C)(C)c1ccc2nc(C(C)(C)CC)sc2c1. The van der Waals surface area contributed by atoms with Crippen molar-refractivity contribution in [3.05, 3.63) is 28.8 Å². The van der Waals surface area contributed by atoms with Gasteiger partial charge in [-0.15, -0.1) is 11.3 Å². The summed E-state index contributed by atoms with van der Waals surface area (Å²) < 4.78 is 1.33. The van der Waals surface area contributed by atoms with Crippen molar-refractivity contribution in [2.24, 2.45) is 0 Å². The van der Waals surface area contributed by atoms with E-state index < -0.39 is 0 Å².